The highest BCUT2D eigenvalue weighted by Gasteiger charge is 2.13. The third-order valence-electron chi connectivity index (χ3n) is 2.13. The molecule has 0 atom stereocenters. The minimum atomic E-state index is -0.468. The van der Waals surface area contributed by atoms with Crippen molar-refractivity contribution in [2.24, 2.45) is 0 Å². The van der Waals surface area contributed by atoms with Crippen LogP contribution in [0.4, 0.5) is 0 Å². The molecule has 0 saturated heterocycles. The van der Waals surface area contributed by atoms with Gasteiger partial charge in [-0.25, -0.2) is 0 Å². The van der Waals surface area contributed by atoms with Crippen molar-refractivity contribution < 1.29 is 14.3 Å². The first-order valence-corrected chi connectivity index (χ1v) is 6.04. The molecule has 0 saturated carbocycles. The predicted molar refractivity (Wildman–Crippen MR) is 69.3 cm³/mol. The summed E-state index contributed by atoms with van der Waals surface area (Å²) in [5.74, 6) is -0.268. The summed E-state index contributed by atoms with van der Waals surface area (Å²) in [6.45, 7) is 0.259. The van der Waals surface area contributed by atoms with Crippen LogP contribution in [0.15, 0.2) is 22.7 Å². The summed E-state index contributed by atoms with van der Waals surface area (Å²) in [6.07, 6.45) is -0.468. The molecule has 1 aromatic rings. The summed E-state index contributed by atoms with van der Waals surface area (Å²) in [4.78, 5) is 11.8. The average Bonchev–Trinajstić information content (AvgIpc) is 2.33. The molecular formula is C11H13BrClNO3. The van der Waals surface area contributed by atoms with Gasteiger partial charge in [0, 0.05) is 18.7 Å². The van der Waals surface area contributed by atoms with Gasteiger partial charge in [0.05, 0.1) is 17.1 Å². The summed E-state index contributed by atoms with van der Waals surface area (Å²) in [5, 5.41) is 3.07. The molecule has 6 heteroatoms. The fraction of sp³-hybridized carbons (Fsp3) is 0.364. The van der Waals surface area contributed by atoms with E-state index in [0.29, 0.717) is 10.6 Å². The highest BCUT2D eigenvalue weighted by Crippen LogP contribution is 2.20. The Kier molecular flexibility index (Phi) is 5.91. The van der Waals surface area contributed by atoms with E-state index in [9.17, 15) is 4.79 Å². The van der Waals surface area contributed by atoms with Crippen LogP contribution in [-0.4, -0.2) is 33.0 Å². The lowest BCUT2D eigenvalue weighted by atomic mass is 10.2. The lowest BCUT2D eigenvalue weighted by Crippen LogP contribution is -2.34. The number of carbonyl (C=O) groups excluding carboxylic acids is 1. The minimum Gasteiger partial charge on any atom is -0.354 e. The number of nitrogens with one attached hydrogen (secondary N) is 1. The summed E-state index contributed by atoms with van der Waals surface area (Å²) >= 11 is 9.21. The molecule has 4 nitrogen and oxygen atoms in total. The number of methoxy groups -OCH3 is 2. The molecule has 0 unspecified atom stereocenters. The van der Waals surface area contributed by atoms with E-state index in [1.165, 1.54) is 14.2 Å². The molecule has 0 bridgehead atoms. The molecule has 0 aliphatic rings. The first-order valence-electron chi connectivity index (χ1n) is 4.87. The van der Waals surface area contributed by atoms with Gasteiger partial charge in [-0.1, -0.05) is 27.5 Å². The zero-order valence-corrected chi connectivity index (χ0v) is 11.8. The van der Waals surface area contributed by atoms with Crippen LogP contribution in [0.3, 0.4) is 0 Å². The molecule has 17 heavy (non-hydrogen) atoms. The van der Waals surface area contributed by atoms with Crippen LogP contribution in [0, 0.1) is 0 Å². The third-order valence-corrected chi connectivity index (χ3v) is 2.95. The Morgan fingerprint density at radius 3 is 2.71 bits per heavy atom. The SMILES string of the molecule is COC(CNC(=O)c1cc(Br)ccc1Cl)OC. The second-order valence-corrected chi connectivity index (χ2v) is 4.56. The van der Waals surface area contributed by atoms with Gasteiger partial charge < -0.3 is 14.8 Å². The van der Waals surface area contributed by atoms with Crippen molar-refractivity contribution in [3.63, 3.8) is 0 Å². The maximum absolute atomic E-state index is 11.8. The topological polar surface area (TPSA) is 47.6 Å². The maximum Gasteiger partial charge on any atom is 0.253 e. The van der Waals surface area contributed by atoms with Crippen molar-refractivity contribution in [3.8, 4) is 0 Å². The Balaban J connectivity index is 2.66. The van der Waals surface area contributed by atoms with Crippen LogP contribution < -0.4 is 5.32 Å². The molecular weight excluding hydrogens is 309 g/mol. The zero-order valence-electron chi connectivity index (χ0n) is 9.50. The van der Waals surface area contributed by atoms with Gasteiger partial charge in [-0.05, 0) is 18.2 Å². The predicted octanol–water partition coefficient (Wildman–Crippen LogP) is 2.45. The number of amides is 1. The van der Waals surface area contributed by atoms with E-state index in [2.05, 4.69) is 21.2 Å². The number of hydrogen-bond donors (Lipinski definition) is 1. The third kappa shape index (κ3) is 4.27. The van der Waals surface area contributed by atoms with Gasteiger partial charge in [-0.3, -0.25) is 4.79 Å². The van der Waals surface area contributed by atoms with E-state index in [0.717, 1.165) is 4.47 Å². The Bertz CT molecular complexity index is 396. The van der Waals surface area contributed by atoms with Gasteiger partial charge in [0.15, 0.2) is 6.29 Å². The van der Waals surface area contributed by atoms with Crippen LogP contribution in [0.1, 0.15) is 10.4 Å². The largest absolute Gasteiger partial charge is 0.354 e. The molecule has 0 fully saturated rings. The fourth-order valence-electron chi connectivity index (χ4n) is 1.21. The van der Waals surface area contributed by atoms with E-state index in [4.69, 9.17) is 21.1 Å². The van der Waals surface area contributed by atoms with E-state index in [1.54, 1.807) is 18.2 Å². The maximum atomic E-state index is 11.8. The quantitative estimate of drug-likeness (QED) is 0.847. The van der Waals surface area contributed by atoms with Gasteiger partial charge in [-0.2, -0.15) is 0 Å². The molecule has 94 valence electrons. The Morgan fingerprint density at radius 1 is 1.47 bits per heavy atom. The number of ether oxygens (including phenoxy) is 2. The van der Waals surface area contributed by atoms with Gasteiger partial charge in [0.25, 0.3) is 5.91 Å². The molecule has 1 rings (SSSR count). The molecule has 1 N–H and O–H groups in total. The molecule has 0 radical (unpaired) electrons. The molecule has 1 amide bonds. The number of rotatable bonds is 5. The van der Waals surface area contributed by atoms with Crippen LogP contribution in [0.2, 0.25) is 5.02 Å². The monoisotopic (exact) mass is 321 g/mol. The molecule has 1 aromatic carbocycles. The Hall–Kier alpha value is -0.620. The van der Waals surface area contributed by atoms with Crippen molar-refractivity contribution in [3.05, 3.63) is 33.3 Å². The number of carbonyl (C=O) groups is 1. The van der Waals surface area contributed by atoms with Crippen molar-refractivity contribution >= 4 is 33.4 Å². The zero-order chi connectivity index (χ0) is 12.8. The van der Waals surface area contributed by atoms with Gasteiger partial charge >= 0.3 is 0 Å². The van der Waals surface area contributed by atoms with E-state index in [1.807, 2.05) is 0 Å². The van der Waals surface area contributed by atoms with E-state index >= 15 is 0 Å². The smallest absolute Gasteiger partial charge is 0.253 e. The Labute approximate surface area is 113 Å². The lowest BCUT2D eigenvalue weighted by molar-refractivity contribution is -0.0974. The Morgan fingerprint density at radius 2 is 2.12 bits per heavy atom. The van der Waals surface area contributed by atoms with E-state index < -0.39 is 6.29 Å². The molecule has 0 aromatic heterocycles. The number of hydrogen-bond acceptors (Lipinski definition) is 3. The van der Waals surface area contributed by atoms with Gasteiger partial charge in [0.1, 0.15) is 0 Å². The normalized spacial score (nSPS) is 10.6. The van der Waals surface area contributed by atoms with E-state index in [-0.39, 0.29) is 12.5 Å². The minimum absolute atomic E-state index is 0.259. The van der Waals surface area contributed by atoms with Crippen LogP contribution in [-0.2, 0) is 9.47 Å². The first-order chi connectivity index (χ1) is 8.08. The van der Waals surface area contributed by atoms with Gasteiger partial charge in [-0.15, -0.1) is 0 Å². The van der Waals surface area contributed by atoms with Gasteiger partial charge in [0.2, 0.25) is 0 Å². The van der Waals surface area contributed by atoms with Crippen molar-refractivity contribution in [1.82, 2.24) is 5.32 Å². The number of benzene rings is 1. The van der Waals surface area contributed by atoms with Crippen LogP contribution in [0.25, 0.3) is 0 Å². The molecule has 0 aliphatic carbocycles. The van der Waals surface area contributed by atoms with Crippen molar-refractivity contribution in [2.75, 3.05) is 20.8 Å². The standard InChI is InChI=1S/C11H13BrClNO3/c1-16-10(17-2)6-14-11(15)8-5-7(12)3-4-9(8)13/h3-5,10H,6H2,1-2H3,(H,14,15). The van der Waals surface area contributed by atoms with Crippen molar-refractivity contribution in [2.45, 2.75) is 6.29 Å². The molecule has 0 spiro atoms. The van der Waals surface area contributed by atoms with Crippen LogP contribution >= 0.6 is 27.5 Å². The summed E-state index contributed by atoms with van der Waals surface area (Å²) < 4.78 is 10.7. The van der Waals surface area contributed by atoms with Crippen LogP contribution in [0.5, 0.6) is 0 Å². The summed E-state index contributed by atoms with van der Waals surface area (Å²) in [7, 11) is 3.01. The lowest BCUT2D eigenvalue weighted by Gasteiger charge is -2.14. The molecule has 0 aliphatic heterocycles. The highest BCUT2D eigenvalue weighted by atomic mass is 79.9. The second-order valence-electron chi connectivity index (χ2n) is 3.24. The first kappa shape index (κ1) is 14.4. The van der Waals surface area contributed by atoms with Crippen molar-refractivity contribution in [1.29, 1.82) is 0 Å². The second kappa shape index (κ2) is 6.96. The molecule has 0 heterocycles. The fourth-order valence-corrected chi connectivity index (χ4v) is 1.77. The highest BCUT2D eigenvalue weighted by molar-refractivity contribution is 9.10. The number of halogens is 2. The summed E-state index contributed by atoms with van der Waals surface area (Å²) in [6, 6.07) is 5.09. The average molecular weight is 323 g/mol. The summed E-state index contributed by atoms with van der Waals surface area (Å²) in [5.41, 5.74) is 0.409.